The van der Waals surface area contributed by atoms with Crippen molar-refractivity contribution in [2.45, 2.75) is 36.9 Å². The van der Waals surface area contributed by atoms with Crippen LogP contribution in [0.4, 0.5) is 0 Å². The van der Waals surface area contributed by atoms with Crippen molar-refractivity contribution in [1.82, 2.24) is 14.8 Å². The van der Waals surface area contributed by atoms with Crippen LogP contribution in [-0.4, -0.2) is 26.4 Å². The van der Waals surface area contributed by atoms with E-state index in [4.69, 9.17) is 17.3 Å². The number of aromatic nitrogens is 3. The summed E-state index contributed by atoms with van der Waals surface area (Å²) in [7, 11) is 0. The molecular formula is C15H17ClN4OS. The Balaban J connectivity index is 2.02. The van der Waals surface area contributed by atoms with Crippen LogP contribution < -0.4 is 5.73 Å². The topological polar surface area (TPSA) is 73.8 Å². The van der Waals surface area contributed by atoms with Crippen molar-refractivity contribution in [2.75, 3.05) is 5.75 Å². The van der Waals surface area contributed by atoms with E-state index in [0.717, 1.165) is 29.4 Å². The molecule has 1 heterocycles. The molecule has 0 unspecified atom stereocenters. The van der Waals surface area contributed by atoms with Crippen LogP contribution in [0.5, 0.6) is 0 Å². The lowest BCUT2D eigenvalue weighted by Crippen LogP contribution is -2.15. The number of amides is 1. The molecule has 0 saturated heterocycles. The molecule has 1 aliphatic carbocycles. The first-order chi connectivity index (χ1) is 10.7. The first-order valence-electron chi connectivity index (χ1n) is 7.27. The van der Waals surface area contributed by atoms with E-state index in [1.54, 1.807) is 0 Å². The summed E-state index contributed by atoms with van der Waals surface area (Å²) >= 11 is 7.65. The van der Waals surface area contributed by atoms with Gasteiger partial charge in [-0.05, 0) is 25.0 Å². The number of carbonyl (C=O) groups excluding carboxylic acids is 1. The Morgan fingerprint density at radius 1 is 1.32 bits per heavy atom. The van der Waals surface area contributed by atoms with Gasteiger partial charge in [-0.3, -0.25) is 9.36 Å². The average molecular weight is 337 g/mol. The van der Waals surface area contributed by atoms with E-state index in [9.17, 15) is 4.79 Å². The summed E-state index contributed by atoms with van der Waals surface area (Å²) in [6.07, 6.45) is 4.59. The molecule has 1 aliphatic rings. The van der Waals surface area contributed by atoms with Crippen molar-refractivity contribution in [3.63, 3.8) is 0 Å². The normalized spacial score (nSPS) is 15.3. The largest absolute Gasteiger partial charge is 0.369 e. The van der Waals surface area contributed by atoms with Crippen molar-refractivity contribution >= 4 is 29.3 Å². The number of thioether (sulfide) groups is 1. The van der Waals surface area contributed by atoms with Crippen molar-refractivity contribution in [3.8, 4) is 11.4 Å². The number of rotatable bonds is 5. The minimum atomic E-state index is -0.356. The molecule has 0 bridgehead atoms. The van der Waals surface area contributed by atoms with Crippen molar-refractivity contribution < 1.29 is 4.79 Å². The van der Waals surface area contributed by atoms with Gasteiger partial charge in [0.05, 0.1) is 10.8 Å². The molecule has 1 aromatic carbocycles. The van der Waals surface area contributed by atoms with Crippen molar-refractivity contribution in [2.24, 2.45) is 5.73 Å². The Kier molecular flexibility index (Phi) is 4.69. The molecule has 1 saturated carbocycles. The summed E-state index contributed by atoms with van der Waals surface area (Å²) in [4.78, 5) is 11.1. The highest BCUT2D eigenvalue weighted by Gasteiger charge is 2.25. The molecule has 1 aromatic heterocycles. The quantitative estimate of drug-likeness (QED) is 0.850. The third kappa shape index (κ3) is 3.13. The van der Waals surface area contributed by atoms with Crippen LogP contribution in [0.2, 0.25) is 5.02 Å². The van der Waals surface area contributed by atoms with E-state index >= 15 is 0 Å². The summed E-state index contributed by atoms with van der Waals surface area (Å²) in [6, 6.07) is 7.98. The highest BCUT2D eigenvalue weighted by molar-refractivity contribution is 7.99. The number of nitrogens with two attached hydrogens (primary N) is 1. The van der Waals surface area contributed by atoms with Gasteiger partial charge < -0.3 is 5.73 Å². The van der Waals surface area contributed by atoms with Gasteiger partial charge in [0.15, 0.2) is 11.0 Å². The number of primary amides is 1. The average Bonchev–Trinajstić information content (AvgIpc) is 3.14. The molecule has 116 valence electrons. The molecule has 0 radical (unpaired) electrons. The van der Waals surface area contributed by atoms with Crippen molar-refractivity contribution in [3.05, 3.63) is 29.3 Å². The number of nitrogens with zero attached hydrogens (tertiary/aromatic N) is 3. The van der Waals surface area contributed by atoms with Crippen LogP contribution in [0.25, 0.3) is 11.4 Å². The second-order valence-corrected chi connectivity index (χ2v) is 6.70. The Morgan fingerprint density at radius 3 is 2.73 bits per heavy atom. The highest BCUT2D eigenvalue weighted by atomic mass is 35.5. The van der Waals surface area contributed by atoms with E-state index in [1.807, 2.05) is 24.3 Å². The molecular weight excluding hydrogens is 320 g/mol. The molecule has 22 heavy (non-hydrogen) atoms. The molecule has 2 N–H and O–H groups in total. The molecule has 5 nitrogen and oxygen atoms in total. The molecule has 2 aromatic rings. The van der Waals surface area contributed by atoms with Crippen LogP contribution in [0.15, 0.2) is 29.4 Å². The van der Waals surface area contributed by atoms with Gasteiger partial charge in [0.2, 0.25) is 5.91 Å². The minimum absolute atomic E-state index is 0.202. The smallest absolute Gasteiger partial charge is 0.227 e. The number of benzene rings is 1. The maximum Gasteiger partial charge on any atom is 0.227 e. The van der Waals surface area contributed by atoms with Crippen molar-refractivity contribution in [1.29, 1.82) is 0 Å². The van der Waals surface area contributed by atoms with E-state index in [-0.39, 0.29) is 11.7 Å². The van der Waals surface area contributed by atoms with Gasteiger partial charge in [0.25, 0.3) is 0 Å². The summed E-state index contributed by atoms with van der Waals surface area (Å²) in [5.74, 6) is 0.614. The lowest BCUT2D eigenvalue weighted by molar-refractivity contribution is -0.115. The molecule has 0 aliphatic heterocycles. The van der Waals surface area contributed by atoms with Crippen LogP contribution in [0.3, 0.4) is 0 Å². The van der Waals surface area contributed by atoms with Gasteiger partial charge in [-0.2, -0.15) is 0 Å². The SMILES string of the molecule is NC(=O)CSc1nnc(-c2ccccc2Cl)n1C1CCCC1. The van der Waals surface area contributed by atoms with Crippen LogP contribution in [0, 0.1) is 0 Å². The van der Waals surface area contributed by atoms with Gasteiger partial charge in [-0.1, -0.05) is 48.3 Å². The number of hydrogen-bond acceptors (Lipinski definition) is 4. The van der Waals surface area contributed by atoms with E-state index in [2.05, 4.69) is 14.8 Å². The zero-order valence-electron chi connectivity index (χ0n) is 12.0. The zero-order valence-corrected chi connectivity index (χ0v) is 13.6. The fourth-order valence-corrected chi connectivity index (χ4v) is 3.79. The number of hydrogen-bond donors (Lipinski definition) is 1. The lowest BCUT2D eigenvalue weighted by atomic mass is 10.2. The minimum Gasteiger partial charge on any atom is -0.369 e. The summed E-state index contributed by atoms with van der Waals surface area (Å²) < 4.78 is 2.13. The summed E-state index contributed by atoms with van der Waals surface area (Å²) in [5, 5.41) is 9.98. The van der Waals surface area contributed by atoms with E-state index in [0.29, 0.717) is 11.1 Å². The predicted octanol–water partition coefficient (Wildman–Crippen LogP) is 3.29. The Hall–Kier alpha value is -1.53. The number of halogens is 1. The highest BCUT2D eigenvalue weighted by Crippen LogP contribution is 2.38. The lowest BCUT2D eigenvalue weighted by Gasteiger charge is -2.17. The fourth-order valence-electron chi connectivity index (χ4n) is 2.83. The second-order valence-electron chi connectivity index (χ2n) is 5.35. The summed E-state index contributed by atoms with van der Waals surface area (Å²) in [5.41, 5.74) is 6.12. The third-order valence-electron chi connectivity index (χ3n) is 3.81. The first-order valence-corrected chi connectivity index (χ1v) is 8.64. The maximum absolute atomic E-state index is 11.1. The second kappa shape index (κ2) is 6.71. The standard InChI is InChI=1S/C15H17ClN4OS/c16-12-8-4-3-7-11(12)14-18-19-15(22-9-13(17)21)20(14)10-5-1-2-6-10/h3-4,7-8,10H,1-2,5-6,9H2,(H2,17,21). The van der Waals surface area contributed by atoms with Crippen LogP contribution in [0.1, 0.15) is 31.7 Å². The zero-order chi connectivity index (χ0) is 15.5. The molecule has 0 atom stereocenters. The molecule has 1 amide bonds. The van der Waals surface area contributed by atoms with Gasteiger partial charge in [-0.15, -0.1) is 10.2 Å². The Labute approximate surface area is 138 Å². The Morgan fingerprint density at radius 2 is 2.05 bits per heavy atom. The van der Waals surface area contributed by atoms with Crippen LogP contribution in [-0.2, 0) is 4.79 Å². The van der Waals surface area contributed by atoms with Crippen LogP contribution >= 0.6 is 23.4 Å². The van der Waals surface area contributed by atoms with Gasteiger partial charge in [0, 0.05) is 11.6 Å². The first kappa shape index (κ1) is 15.4. The molecule has 3 rings (SSSR count). The van der Waals surface area contributed by atoms with Gasteiger partial charge in [0.1, 0.15) is 0 Å². The van der Waals surface area contributed by atoms with Gasteiger partial charge >= 0.3 is 0 Å². The van der Waals surface area contributed by atoms with E-state index < -0.39 is 0 Å². The number of carbonyl (C=O) groups is 1. The maximum atomic E-state index is 11.1. The fraction of sp³-hybridized carbons (Fsp3) is 0.400. The monoisotopic (exact) mass is 336 g/mol. The molecule has 0 spiro atoms. The molecule has 1 fully saturated rings. The predicted molar refractivity (Wildman–Crippen MR) is 87.9 cm³/mol. The Bertz CT molecular complexity index is 682. The molecule has 7 heteroatoms. The van der Waals surface area contributed by atoms with E-state index in [1.165, 1.54) is 24.6 Å². The summed E-state index contributed by atoms with van der Waals surface area (Å²) in [6.45, 7) is 0. The van der Waals surface area contributed by atoms with Gasteiger partial charge in [-0.25, -0.2) is 0 Å². The third-order valence-corrected chi connectivity index (χ3v) is 5.11.